The van der Waals surface area contributed by atoms with Crippen molar-refractivity contribution in [1.82, 2.24) is 5.32 Å². The Morgan fingerprint density at radius 3 is 2.76 bits per heavy atom. The molecule has 0 radical (unpaired) electrons. The van der Waals surface area contributed by atoms with Gasteiger partial charge in [-0.05, 0) is 24.1 Å². The molecule has 0 aliphatic carbocycles. The lowest BCUT2D eigenvalue weighted by Crippen LogP contribution is -2.30. The molecule has 1 rings (SSSR count). The summed E-state index contributed by atoms with van der Waals surface area (Å²) in [5.74, 6) is -2.06. The Morgan fingerprint density at radius 2 is 2.19 bits per heavy atom. The number of aliphatic carboxylic acids is 1. The number of carbonyl (C=O) groups excluding carboxylic acids is 1. The van der Waals surface area contributed by atoms with Crippen LogP contribution in [0, 0.1) is 5.82 Å². The highest BCUT2D eigenvalue weighted by molar-refractivity contribution is 6.30. The first-order valence-electron chi connectivity index (χ1n) is 6.39. The van der Waals surface area contributed by atoms with E-state index in [0.29, 0.717) is 18.6 Å². The maximum atomic E-state index is 13.5. The van der Waals surface area contributed by atoms with Crippen LogP contribution in [-0.4, -0.2) is 30.7 Å². The van der Waals surface area contributed by atoms with Crippen LogP contribution in [-0.2, 0) is 14.3 Å². The molecule has 1 aromatic rings. The minimum atomic E-state index is -1.09. The van der Waals surface area contributed by atoms with Gasteiger partial charge in [0.1, 0.15) is 5.82 Å². The van der Waals surface area contributed by atoms with Gasteiger partial charge >= 0.3 is 5.97 Å². The maximum Gasteiger partial charge on any atom is 0.305 e. The second-order valence-electron chi connectivity index (χ2n) is 4.49. The third-order valence-corrected chi connectivity index (χ3v) is 3.12. The normalized spacial score (nSPS) is 12.0. The van der Waals surface area contributed by atoms with Crippen molar-refractivity contribution < 1.29 is 23.8 Å². The van der Waals surface area contributed by atoms with Gasteiger partial charge in [-0.15, -0.1) is 0 Å². The quantitative estimate of drug-likeness (QED) is 0.722. The van der Waals surface area contributed by atoms with Crippen molar-refractivity contribution in [2.45, 2.75) is 25.3 Å². The van der Waals surface area contributed by atoms with Gasteiger partial charge in [0.2, 0.25) is 5.91 Å². The predicted molar refractivity (Wildman–Crippen MR) is 75.7 cm³/mol. The lowest BCUT2D eigenvalue weighted by atomic mass is 10.0. The first-order valence-corrected chi connectivity index (χ1v) is 6.77. The van der Waals surface area contributed by atoms with E-state index in [1.54, 1.807) is 0 Å². The minimum absolute atomic E-state index is 0.0563. The van der Waals surface area contributed by atoms with Crippen LogP contribution in [0.15, 0.2) is 18.2 Å². The standard InChI is InChI=1S/C14H17ClFNO4/c1-21-6-2-3-13(18)17-12(8-14(19)20)9-4-5-10(15)11(16)7-9/h4-5,7,12H,2-3,6,8H2,1H3,(H,17,18)(H,19,20). The fourth-order valence-corrected chi connectivity index (χ4v) is 1.92. The van der Waals surface area contributed by atoms with Gasteiger partial charge in [-0.2, -0.15) is 0 Å². The van der Waals surface area contributed by atoms with E-state index in [1.807, 2.05) is 0 Å². The van der Waals surface area contributed by atoms with Crippen LogP contribution in [0.5, 0.6) is 0 Å². The second-order valence-corrected chi connectivity index (χ2v) is 4.90. The summed E-state index contributed by atoms with van der Waals surface area (Å²) in [5.41, 5.74) is 0.361. The van der Waals surface area contributed by atoms with Crippen LogP contribution >= 0.6 is 11.6 Å². The van der Waals surface area contributed by atoms with Crippen molar-refractivity contribution in [2.75, 3.05) is 13.7 Å². The van der Waals surface area contributed by atoms with Gasteiger partial charge in [0, 0.05) is 20.1 Å². The lowest BCUT2D eigenvalue weighted by Gasteiger charge is -2.18. The molecule has 21 heavy (non-hydrogen) atoms. The maximum absolute atomic E-state index is 13.5. The summed E-state index contributed by atoms with van der Waals surface area (Å²) in [6, 6.07) is 3.15. The molecule has 1 atom stereocenters. The summed E-state index contributed by atoms with van der Waals surface area (Å²) in [7, 11) is 1.53. The van der Waals surface area contributed by atoms with Crippen LogP contribution in [0.4, 0.5) is 4.39 Å². The van der Waals surface area contributed by atoms with Gasteiger partial charge < -0.3 is 15.2 Å². The number of hydrogen-bond donors (Lipinski definition) is 2. The van der Waals surface area contributed by atoms with Gasteiger partial charge in [0.15, 0.2) is 0 Å². The number of methoxy groups -OCH3 is 1. The zero-order chi connectivity index (χ0) is 15.8. The molecule has 1 unspecified atom stereocenters. The number of carboxylic acid groups (broad SMARTS) is 1. The Kier molecular flexibility index (Phi) is 7.11. The van der Waals surface area contributed by atoms with Crippen LogP contribution in [0.2, 0.25) is 5.02 Å². The summed E-state index contributed by atoms with van der Waals surface area (Å²) in [6.45, 7) is 0.437. The van der Waals surface area contributed by atoms with Crippen molar-refractivity contribution in [1.29, 1.82) is 0 Å². The smallest absolute Gasteiger partial charge is 0.305 e. The third kappa shape index (κ3) is 6.10. The fraction of sp³-hybridized carbons (Fsp3) is 0.429. The summed E-state index contributed by atoms with van der Waals surface area (Å²) < 4.78 is 18.3. The molecule has 7 heteroatoms. The Balaban J connectivity index is 2.77. The number of hydrogen-bond acceptors (Lipinski definition) is 3. The average molecular weight is 318 g/mol. The van der Waals surface area contributed by atoms with Crippen molar-refractivity contribution >= 4 is 23.5 Å². The van der Waals surface area contributed by atoms with Gasteiger partial charge in [0.05, 0.1) is 17.5 Å². The molecular weight excluding hydrogens is 301 g/mol. The van der Waals surface area contributed by atoms with Gasteiger partial charge in [-0.3, -0.25) is 9.59 Å². The molecule has 116 valence electrons. The van der Waals surface area contributed by atoms with E-state index in [1.165, 1.54) is 19.2 Å². The molecule has 0 bridgehead atoms. The zero-order valence-electron chi connectivity index (χ0n) is 11.6. The van der Waals surface area contributed by atoms with Crippen molar-refractivity contribution in [3.05, 3.63) is 34.6 Å². The van der Waals surface area contributed by atoms with Crippen molar-refractivity contribution in [3.8, 4) is 0 Å². The minimum Gasteiger partial charge on any atom is -0.481 e. The molecular formula is C14H17ClFNO4. The molecule has 1 aromatic carbocycles. The largest absolute Gasteiger partial charge is 0.481 e. The van der Waals surface area contributed by atoms with E-state index in [-0.39, 0.29) is 23.8 Å². The first-order chi connectivity index (χ1) is 9.93. The molecule has 0 aliphatic rings. The Morgan fingerprint density at radius 1 is 1.48 bits per heavy atom. The van der Waals surface area contributed by atoms with E-state index in [2.05, 4.69) is 5.32 Å². The number of carboxylic acids is 1. The molecule has 0 saturated carbocycles. The Hall–Kier alpha value is -1.66. The first kappa shape index (κ1) is 17.4. The number of ether oxygens (including phenoxy) is 1. The molecule has 0 aliphatic heterocycles. The Bertz CT molecular complexity index is 510. The summed E-state index contributed by atoms with van der Waals surface area (Å²) in [4.78, 5) is 22.6. The van der Waals surface area contributed by atoms with Crippen molar-refractivity contribution in [2.24, 2.45) is 0 Å². The highest BCUT2D eigenvalue weighted by atomic mass is 35.5. The summed E-state index contributed by atoms with van der Waals surface area (Å²) in [5, 5.41) is 11.4. The molecule has 0 aromatic heterocycles. The van der Waals surface area contributed by atoms with E-state index in [9.17, 15) is 14.0 Å². The molecule has 0 spiro atoms. The van der Waals surface area contributed by atoms with Crippen LogP contribution in [0.25, 0.3) is 0 Å². The van der Waals surface area contributed by atoms with Crippen LogP contribution in [0.3, 0.4) is 0 Å². The zero-order valence-corrected chi connectivity index (χ0v) is 12.3. The van der Waals surface area contributed by atoms with Gasteiger partial charge in [-0.25, -0.2) is 4.39 Å². The van der Waals surface area contributed by atoms with E-state index < -0.39 is 17.8 Å². The van der Waals surface area contributed by atoms with Crippen molar-refractivity contribution in [3.63, 3.8) is 0 Å². The number of benzene rings is 1. The molecule has 0 saturated heterocycles. The topological polar surface area (TPSA) is 75.6 Å². The highest BCUT2D eigenvalue weighted by Gasteiger charge is 2.19. The lowest BCUT2D eigenvalue weighted by molar-refractivity contribution is -0.137. The van der Waals surface area contributed by atoms with Crippen LogP contribution < -0.4 is 5.32 Å². The number of carbonyl (C=O) groups is 2. The molecule has 0 fully saturated rings. The molecule has 2 N–H and O–H groups in total. The fourth-order valence-electron chi connectivity index (χ4n) is 1.80. The number of halogens is 2. The molecule has 1 amide bonds. The van der Waals surface area contributed by atoms with Crippen LogP contribution in [0.1, 0.15) is 30.9 Å². The van der Waals surface area contributed by atoms with E-state index in [4.69, 9.17) is 21.4 Å². The predicted octanol–water partition coefficient (Wildman–Crippen LogP) is 2.54. The summed E-state index contributed by atoms with van der Waals surface area (Å²) in [6.07, 6.45) is 0.397. The SMILES string of the molecule is COCCCC(=O)NC(CC(=O)O)c1ccc(Cl)c(F)c1. The average Bonchev–Trinajstić information content (AvgIpc) is 2.41. The van der Waals surface area contributed by atoms with Gasteiger partial charge in [-0.1, -0.05) is 17.7 Å². The summed E-state index contributed by atoms with van der Waals surface area (Å²) >= 11 is 5.59. The molecule has 5 nitrogen and oxygen atoms in total. The second kappa shape index (κ2) is 8.59. The number of rotatable bonds is 8. The molecule has 0 heterocycles. The number of nitrogens with one attached hydrogen (secondary N) is 1. The van der Waals surface area contributed by atoms with E-state index in [0.717, 1.165) is 6.07 Å². The van der Waals surface area contributed by atoms with Gasteiger partial charge in [0.25, 0.3) is 0 Å². The highest BCUT2D eigenvalue weighted by Crippen LogP contribution is 2.22. The third-order valence-electron chi connectivity index (χ3n) is 2.81. The number of amides is 1. The van der Waals surface area contributed by atoms with E-state index >= 15 is 0 Å². The Labute approximate surface area is 127 Å². The monoisotopic (exact) mass is 317 g/mol.